The molecule has 1 saturated carbocycles. The van der Waals surface area contributed by atoms with Crippen LogP contribution in [0.5, 0.6) is 0 Å². The number of carbonyl (C=O) groups is 3. The lowest BCUT2D eigenvalue weighted by Crippen LogP contribution is -2.44. The molecule has 2 aromatic carbocycles. The first-order valence-electron chi connectivity index (χ1n) is 12.6. The zero-order chi connectivity index (χ0) is 28.1. The van der Waals surface area contributed by atoms with E-state index in [1.54, 1.807) is 0 Å². The third-order valence-electron chi connectivity index (χ3n) is 7.68. The molecule has 1 heterocycles. The Bertz CT molecular complexity index is 1260. The molecule has 0 unspecified atom stereocenters. The molecular formula is C29H36N2O7. The van der Waals surface area contributed by atoms with Gasteiger partial charge >= 0.3 is 17.9 Å². The summed E-state index contributed by atoms with van der Waals surface area (Å²) >= 11 is 0. The Morgan fingerprint density at radius 1 is 0.921 bits per heavy atom. The second-order valence-corrected chi connectivity index (χ2v) is 10.3. The number of aromatic nitrogens is 1. The summed E-state index contributed by atoms with van der Waals surface area (Å²) in [5.74, 6) is -4.38. The van der Waals surface area contributed by atoms with Crippen molar-refractivity contribution < 1.29 is 34.8 Å². The van der Waals surface area contributed by atoms with E-state index in [9.17, 15) is 14.4 Å². The topological polar surface area (TPSA) is 151 Å². The van der Waals surface area contributed by atoms with E-state index in [0.717, 1.165) is 0 Å². The average Bonchev–Trinajstić information content (AvgIpc) is 3.20. The third-order valence-corrected chi connectivity index (χ3v) is 7.68. The van der Waals surface area contributed by atoms with Crippen molar-refractivity contribution in [3.8, 4) is 0 Å². The zero-order valence-corrected chi connectivity index (χ0v) is 22.0. The van der Waals surface area contributed by atoms with Gasteiger partial charge in [-0.15, -0.1) is 0 Å². The molecule has 3 aromatic rings. The lowest BCUT2D eigenvalue weighted by atomic mass is 9.71. The van der Waals surface area contributed by atoms with Gasteiger partial charge in [0, 0.05) is 22.1 Å². The lowest BCUT2D eigenvalue weighted by molar-refractivity contribution is -0.170. The maximum Gasteiger partial charge on any atom is 0.336 e. The highest BCUT2D eigenvalue weighted by molar-refractivity contribution is 5.88. The minimum atomic E-state index is -2.74. The van der Waals surface area contributed by atoms with Gasteiger partial charge in [0.25, 0.3) is 0 Å². The Hall–Kier alpha value is -3.69. The Labute approximate surface area is 221 Å². The first kappa shape index (κ1) is 28.9. The van der Waals surface area contributed by atoms with Crippen LogP contribution >= 0.6 is 0 Å². The molecule has 9 nitrogen and oxygen atoms in total. The number of benzene rings is 2. The Kier molecular flexibility index (Phi) is 8.96. The van der Waals surface area contributed by atoms with E-state index in [1.165, 1.54) is 53.4 Å². The fourth-order valence-electron chi connectivity index (χ4n) is 5.55. The number of aromatic amines is 1. The molecule has 1 aliphatic rings. The number of aryl methyl sites for hydroxylation is 1. The van der Waals surface area contributed by atoms with Crippen molar-refractivity contribution in [2.45, 2.75) is 62.5 Å². The molecule has 9 heteroatoms. The minimum absolute atomic E-state index is 0.178. The van der Waals surface area contributed by atoms with Crippen LogP contribution in [0, 0.1) is 6.92 Å². The van der Waals surface area contributed by atoms with Crippen molar-refractivity contribution in [2.24, 2.45) is 0 Å². The van der Waals surface area contributed by atoms with Crippen LogP contribution in [0.4, 0.5) is 0 Å². The van der Waals surface area contributed by atoms with Crippen molar-refractivity contribution >= 4 is 28.8 Å². The number of aliphatic carboxylic acids is 3. The van der Waals surface area contributed by atoms with Crippen molar-refractivity contribution in [1.29, 1.82) is 0 Å². The maximum atomic E-state index is 10.3. The highest BCUT2D eigenvalue weighted by Gasteiger charge is 2.41. The smallest absolute Gasteiger partial charge is 0.336 e. The molecule has 1 aliphatic carbocycles. The quantitative estimate of drug-likeness (QED) is 0.292. The molecule has 1 aromatic heterocycles. The molecule has 0 spiro atoms. The van der Waals surface area contributed by atoms with Crippen molar-refractivity contribution in [3.05, 3.63) is 71.4 Å². The van der Waals surface area contributed by atoms with Gasteiger partial charge in [0.15, 0.2) is 5.60 Å². The monoisotopic (exact) mass is 524 g/mol. The fraction of sp³-hybridized carbons (Fsp3) is 0.414. The highest BCUT2D eigenvalue weighted by Crippen LogP contribution is 2.47. The molecule has 1 fully saturated rings. The standard InChI is InChI=1S/C23H28N2.C6H8O7/c1-17-20-11-7-8-12-21(20)24-22(17)18-13-15-23(16-14-18,25(2)3)19-9-5-4-6-10-19;7-3(8)1-6(13,5(11)12)2-4(9)10/h4-12,18,24H,13-16H2,1-3H3;13H,1-2H2,(H,7,8)(H,9,10)(H,11,12). The summed E-state index contributed by atoms with van der Waals surface area (Å²) in [5, 5.41) is 35.2. The Morgan fingerprint density at radius 3 is 1.92 bits per heavy atom. The summed E-state index contributed by atoms with van der Waals surface area (Å²) < 4.78 is 0. The number of aliphatic hydroxyl groups is 1. The maximum absolute atomic E-state index is 10.3. The van der Waals surface area contributed by atoms with Gasteiger partial charge < -0.3 is 25.4 Å². The van der Waals surface area contributed by atoms with E-state index in [4.69, 9.17) is 20.4 Å². The van der Waals surface area contributed by atoms with Crippen LogP contribution in [0.3, 0.4) is 0 Å². The molecule has 0 atom stereocenters. The van der Waals surface area contributed by atoms with Crippen molar-refractivity contribution in [2.75, 3.05) is 14.1 Å². The molecule has 0 saturated heterocycles. The van der Waals surface area contributed by atoms with Gasteiger partial charge in [-0.2, -0.15) is 0 Å². The predicted molar refractivity (Wildman–Crippen MR) is 143 cm³/mol. The number of para-hydroxylation sites is 1. The van der Waals surface area contributed by atoms with Crippen molar-refractivity contribution in [3.63, 3.8) is 0 Å². The molecule has 4 rings (SSSR count). The van der Waals surface area contributed by atoms with Crippen LogP contribution in [0.25, 0.3) is 10.9 Å². The van der Waals surface area contributed by atoms with E-state index >= 15 is 0 Å². The first-order valence-corrected chi connectivity index (χ1v) is 12.6. The van der Waals surface area contributed by atoms with E-state index in [-0.39, 0.29) is 5.54 Å². The van der Waals surface area contributed by atoms with E-state index in [2.05, 4.69) is 85.5 Å². The molecule has 0 amide bonds. The third kappa shape index (κ3) is 6.23. The minimum Gasteiger partial charge on any atom is -0.481 e. The second-order valence-electron chi connectivity index (χ2n) is 10.3. The van der Waals surface area contributed by atoms with Crippen LogP contribution in [0.2, 0.25) is 0 Å². The number of rotatable bonds is 8. The number of carboxylic acid groups (broad SMARTS) is 3. The normalized spacial score (nSPS) is 19.6. The van der Waals surface area contributed by atoms with E-state index in [0.29, 0.717) is 5.92 Å². The predicted octanol–water partition coefficient (Wildman–Crippen LogP) is 4.34. The van der Waals surface area contributed by atoms with E-state index in [1.807, 2.05) is 0 Å². The van der Waals surface area contributed by atoms with Gasteiger partial charge in [-0.05, 0) is 69.8 Å². The number of carboxylic acids is 3. The van der Waals surface area contributed by atoms with Gasteiger partial charge in [-0.25, -0.2) is 4.79 Å². The van der Waals surface area contributed by atoms with Crippen LogP contribution in [-0.2, 0) is 19.9 Å². The number of nitrogens with one attached hydrogen (secondary N) is 1. The first-order chi connectivity index (χ1) is 17.9. The summed E-state index contributed by atoms with van der Waals surface area (Å²) in [6.07, 6.45) is 2.61. The molecule has 0 radical (unpaired) electrons. The zero-order valence-electron chi connectivity index (χ0n) is 22.0. The van der Waals surface area contributed by atoms with Gasteiger partial charge in [-0.3, -0.25) is 14.5 Å². The molecule has 5 N–H and O–H groups in total. The van der Waals surface area contributed by atoms with Gasteiger partial charge in [-0.1, -0.05) is 48.5 Å². The van der Waals surface area contributed by atoms with Crippen LogP contribution in [-0.4, -0.2) is 67.9 Å². The summed E-state index contributed by atoms with van der Waals surface area (Å²) in [6.45, 7) is 2.28. The summed E-state index contributed by atoms with van der Waals surface area (Å²) in [7, 11) is 4.48. The van der Waals surface area contributed by atoms with Crippen LogP contribution < -0.4 is 0 Å². The van der Waals surface area contributed by atoms with Gasteiger partial charge in [0.05, 0.1) is 12.8 Å². The Balaban J connectivity index is 0.000000263. The number of hydrogen-bond acceptors (Lipinski definition) is 5. The molecular weight excluding hydrogens is 488 g/mol. The fourth-order valence-corrected chi connectivity index (χ4v) is 5.55. The van der Waals surface area contributed by atoms with Crippen molar-refractivity contribution in [1.82, 2.24) is 9.88 Å². The highest BCUT2D eigenvalue weighted by atomic mass is 16.4. The van der Waals surface area contributed by atoms with Crippen LogP contribution in [0.1, 0.15) is 61.3 Å². The van der Waals surface area contributed by atoms with Gasteiger partial charge in [0.1, 0.15) is 0 Å². The number of fused-ring (bicyclic) bond motifs is 1. The van der Waals surface area contributed by atoms with Gasteiger partial charge in [0.2, 0.25) is 0 Å². The molecule has 38 heavy (non-hydrogen) atoms. The van der Waals surface area contributed by atoms with E-state index < -0.39 is 36.4 Å². The summed E-state index contributed by atoms with van der Waals surface area (Å²) in [5.41, 5.74) is 3.09. The SMILES string of the molecule is Cc1c(C2CCC(c3ccccc3)(N(C)C)CC2)[nH]c2ccccc12.O=C(O)CC(O)(CC(=O)O)C(=O)O. The molecule has 0 aliphatic heterocycles. The number of nitrogens with zero attached hydrogens (tertiary/aromatic N) is 1. The second kappa shape index (κ2) is 11.8. The molecule has 204 valence electrons. The lowest BCUT2D eigenvalue weighted by Gasteiger charge is -2.45. The largest absolute Gasteiger partial charge is 0.481 e. The number of H-pyrrole nitrogens is 1. The summed E-state index contributed by atoms with van der Waals surface area (Å²) in [4.78, 5) is 36.6. The number of hydrogen-bond donors (Lipinski definition) is 5. The average molecular weight is 525 g/mol. The molecule has 0 bridgehead atoms. The Morgan fingerprint density at radius 2 is 1.45 bits per heavy atom. The summed E-state index contributed by atoms with van der Waals surface area (Å²) in [6, 6.07) is 19.8. The van der Waals surface area contributed by atoms with Crippen LogP contribution in [0.15, 0.2) is 54.6 Å².